The second-order valence-electron chi connectivity index (χ2n) is 8.49. The minimum absolute atomic E-state index is 0.0900. The number of halogens is 1. The molecule has 194 valence electrons. The fraction of sp³-hybridized carbons (Fsp3) is 0.192. The van der Waals surface area contributed by atoms with Gasteiger partial charge in [-0.05, 0) is 29.8 Å². The van der Waals surface area contributed by atoms with Gasteiger partial charge in [-0.1, -0.05) is 47.6 Å². The summed E-state index contributed by atoms with van der Waals surface area (Å²) >= 11 is 0. The zero-order chi connectivity index (χ0) is 26.3. The van der Waals surface area contributed by atoms with Crippen LogP contribution in [0.5, 0.6) is 0 Å². The lowest BCUT2D eigenvalue weighted by molar-refractivity contribution is 0.0991. The molecule has 0 atom stereocenters. The predicted octanol–water partition coefficient (Wildman–Crippen LogP) is 3.63. The van der Waals surface area contributed by atoms with E-state index in [1.807, 2.05) is 30.3 Å². The van der Waals surface area contributed by atoms with E-state index >= 15 is 0 Å². The Labute approximate surface area is 217 Å². The van der Waals surface area contributed by atoms with Crippen LogP contribution in [0.3, 0.4) is 0 Å². The molecule has 3 heterocycles. The molecule has 0 aliphatic carbocycles. The predicted molar refractivity (Wildman–Crippen MR) is 139 cm³/mol. The summed E-state index contributed by atoms with van der Waals surface area (Å²) in [5.41, 5.74) is 1.64. The number of nitrogens with zero attached hydrogens (tertiary/aromatic N) is 5. The van der Waals surface area contributed by atoms with Gasteiger partial charge >= 0.3 is 23.8 Å². The Kier molecular flexibility index (Phi) is 7.39. The van der Waals surface area contributed by atoms with E-state index < -0.39 is 11.7 Å². The Morgan fingerprint density at radius 2 is 1.68 bits per heavy atom. The Balaban J connectivity index is 1.10. The molecular formula is C26H25FN8O3. The molecule has 4 aromatic rings. The highest BCUT2D eigenvalue weighted by Gasteiger charge is 2.22. The molecular weight excluding hydrogens is 491 g/mol. The van der Waals surface area contributed by atoms with E-state index in [0.29, 0.717) is 38.4 Å². The first kappa shape index (κ1) is 24.7. The number of rotatable bonds is 7. The van der Waals surface area contributed by atoms with E-state index in [1.165, 1.54) is 18.3 Å². The maximum absolute atomic E-state index is 13.8. The Bertz CT molecular complexity index is 1390. The highest BCUT2D eigenvalue weighted by Crippen LogP contribution is 2.20. The number of amides is 3. The Hall–Kier alpha value is -5.00. The molecule has 3 N–H and O–H groups in total. The lowest BCUT2D eigenvalue weighted by Gasteiger charge is -2.35. The lowest BCUT2D eigenvalue weighted by atomic mass is 10.2. The molecule has 0 saturated carbocycles. The number of aromatic nitrogens is 3. The van der Waals surface area contributed by atoms with E-state index in [9.17, 15) is 14.0 Å². The number of urea groups is 1. The molecule has 3 amide bonds. The molecule has 1 aliphatic rings. The summed E-state index contributed by atoms with van der Waals surface area (Å²) in [5.74, 6) is -0.657. The van der Waals surface area contributed by atoms with Crippen molar-refractivity contribution < 1.29 is 18.4 Å². The van der Waals surface area contributed by atoms with Gasteiger partial charge in [0.05, 0.1) is 17.6 Å². The van der Waals surface area contributed by atoms with Crippen molar-refractivity contribution in [2.45, 2.75) is 6.54 Å². The van der Waals surface area contributed by atoms with Crippen LogP contribution in [0.15, 0.2) is 77.3 Å². The van der Waals surface area contributed by atoms with E-state index in [0.717, 1.165) is 11.4 Å². The highest BCUT2D eigenvalue weighted by molar-refractivity contribution is 6.00. The molecule has 0 unspecified atom stereocenters. The van der Waals surface area contributed by atoms with Gasteiger partial charge in [-0.3, -0.25) is 4.79 Å². The summed E-state index contributed by atoms with van der Waals surface area (Å²) in [6.45, 7) is 2.90. The summed E-state index contributed by atoms with van der Waals surface area (Å²) < 4.78 is 19.1. The number of benzene rings is 2. The van der Waals surface area contributed by atoms with E-state index in [1.54, 1.807) is 29.2 Å². The number of piperazine rings is 1. The van der Waals surface area contributed by atoms with Crippen LogP contribution in [-0.4, -0.2) is 58.2 Å². The Morgan fingerprint density at radius 1 is 0.921 bits per heavy atom. The van der Waals surface area contributed by atoms with Crippen LogP contribution in [-0.2, 0) is 6.54 Å². The number of anilines is 4. The third-order valence-corrected chi connectivity index (χ3v) is 5.92. The van der Waals surface area contributed by atoms with E-state index in [2.05, 4.69) is 36.0 Å². The van der Waals surface area contributed by atoms with Gasteiger partial charge in [0.1, 0.15) is 11.6 Å². The monoisotopic (exact) mass is 516 g/mol. The summed E-state index contributed by atoms with van der Waals surface area (Å²) in [4.78, 5) is 33.3. The van der Waals surface area contributed by atoms with Crippen LogP contribution in [0.25, 0.3) is 0 Å². The van der Waals surface area contributed by atoms with Crippen molar-refractivity contribution >= 4 is 35.1 Å². The molecule has 0 radical (unpaired) electrons. The number of hydrogen-bond donors (Lipinski definition) is 3. The molecule has 0 bridgehead atoms. The number of carbonyl (C=O) groups is 2. The largest absolute Gasteiger partial charge is 0.399 e. The third-order valence-electron chi connectivity index (χ3n) is 5.92. The van der Waals surface area contributed by atoms with Crippen LogP contribution < -0.4 is 20.9 Å². The van der Waals surface area contributed by atoms with Crippen molar-refractivity contribution in [2.24, 2.45) is 0 Å². The van der Waals surface area contributed by atoms with E-state index in [4.69, 9.17) is 4.42 Å². The van der Waals surface area contributed by atoms with Crippen LogP contribution >= 0.6 is 0 Å². The SMILES string of the molecule is O=C(Nc1ccc(N2CCN(C(=O)NCc3ccccc3)CC2)nc1)c1nnc(Nc2ccccc2F)o1. The zero-order valence-corrected chi connectivity index (χ0v) is 20.3. The van der Waals surface area contributed by atoms with Crippen molar-refractivity contribution in [1.82, 2.24) is 25.4 Å². The van der Waals surface area contributed by atoms with Gasteiger partial charge in [-0.2, -0.15) is 0 Å². The average Bonchev–Trinajstić information content (AvgIpc) is 3.43. The molecule has 2 aromatic heterocycles. The topological polar surface area (TPSA) is 129 Å². The first-order chi connectivity index (χ1) is 18.5. The Morgan fingerprint density at radius 3 is 2.42 bits per heavy atom. The summed E-state index contributed by atoms with van der Waals surface area (Å²) in [7, 11) is 0. The summed E-state index contributed by atoms with van der Waals surface area (Å²) in [6.07, 6.45) is 1.53. The zero-order valence-electron chi connectivity index (χ0n) is 20.3. The quantitative estimate of drug-likeness (QED) is 0.340. The summed E-state index contributed by atoms with van der Waals surface area (Å²) in [5, 5.41) is 15.7. The normalized spacial score (nSPS) is 13.2. The second-order valence-corrected chi connectivity index (χ2v) is 8.49. The minimum atomic E-state index is -0.622. The van der Waals surface area contributed by atoms with Gasteiger partial charge in [0.15, 0.2) is 0 Å². The molecule has 38 heavy (non-hydrogen) atoms. The molecule has 11 nitrogen and oxygen atoms in total. The van der Waals surface area contributed by atoms with Gasteiger partial charge in [0.25, 0.3) is 0 Å². The van der Waals surface area contributed by atoms with E-state index in [-0.39, 0.29) is 23.6 Å². The average molecular weight is 517 g/mol. The van der Waals surface area contributed by atoms with Crippen molar-refractivity contribution in [3.63, 3.8) is 0 Å². The number of para-hydroxylation sites is 1. The maximum atomic E-state index is 13.8. The van der Waals surface area contributed by atoms with Crippen molar-refractivity contribution in [2.75, 3.05) is 41.7 Å². The standard InChI is InChI=1S/C26H25FN8O3/c27-20-8-4-5-9-21(20)31-25-33-32-24(38-25)23(36)30-19-10-11-22(28-17-19)34-12-14-35(15-13-34)26(37)29-16-18-6-2-1-3-7-18/h1-11,17H,12-16H2,(H,29,37)(H,30,36)(H,31,33). The molecule has 0 spiro atoms. The van der Waals surface area contributed by atoms with Gasteiger partial charge in [0.2, 0.25) is 0 Å². The van der Waals surface area contributed by atoms with Crippen molar-refractivity contribution in [3.8, 4) is 0 Å². The number of carbonyl (C=O) groups excluding carboxylic acids is 2. The fourth-order valence-electron chi connectivity index (χ4n) is 3.90. The smallest absolute Gasteiger partial charge is 0.320 e. The first-order valence-electron chi connectivity index (χ1n) is 12.0. The third kappa shape index (κ3) is 6.03. The molecule has 1 aliphatic heterocycles. The first-order valence-corrected chi connectivity index (χ1v) is 12.0. The van der Waals surface area contributed by atoms with Crippen molar-refractivity contribution in [1.29, 1.82) is 0 Å². The minimum Gasteiger partial charge on any atom is -0.399 e. The molecule has 2 aromatic carbocycles. The van der Waals surface area contributed by atoms with Gasteiger partial charge in [-0.15, -0.1) is 5.10 Å². The molecule has 1 saturated heterocycles. The number of pyridine rings is 1. The highest BCUT2D eigenvalue weighted by atomic mass is 19.1. The molecule has 12 heteroatoms. The van der Waals surface area contributed by atoms with Crippen LogP contribution in [0.4, 0.5) is 32.4 Å². The second kappa shape index (κ2) is 11.4. The van der Waals surface area contributed by atoms with Crippen LogP contribution in [0, 0.1) is 5.82 Å². The molecule has 1 fully saturated rings. The maximum Gasteiger partial charge on any atom is 0.320 e. The fourth-order valence-corrected chi connectivity index (χ4v) is 3.90. The summed E-state index contributed by atoms with van der Waals surface area (Å²) in [6, 6.07) is 19.1. The van der Waals surface area contributed by atoms with Gasteiger partial charge < -0.3 is 30.2 Å². The number of hydrogen-bond acceptors (Lipinski definition) is 8. The van der Waals surface area contributed by atoms with Crippen LogP contribution in [0.2, 0.25) is 0 Å². The van der Waals surface area contributed by atoms with Gasteiger partial charge in [0, 0.05) is 32.7 Å². The van der Waals surface area contributed by atoms with Crippen molar-refractivity contribution in [3.05, 3.63) is 90.2 Å². The van der Waals surface area contributed by atoms with Gasteiger partial charge in [-0.25, -0.2) is 14.2 Å². The molecule has 5 rings (SSSR count). The lowest BCUT2D eigenvalue weighted by Crippen LogP contribution is -2.51. The number of nitrogens with one attached hydrogen (secondary N) is 3. The van der Waals surface area contributed by atoms with Crippen LogP contribution in [0.1, 0.15) is 16.2 Å².